The van der Waals surface area contributed by atoms with E-state index in [0.717, 1.165) is 6.42 Å². The minimum absolute atomic E-state index is 0. The zero-order valence-corrected chi connectivity index (χ0v) is 11.7. The molecular weight excluding hydrogens is 225 g/mol. The molecule has 0 bridgehead atoms. The molecule has 0 aromatic heterocycles. The summed E-state index contributed by atoms with van der Waals surface area (Å²) in [6.45, 7) is 2.23. The van der Waals surface area contributed by atoms with Crippen LogP contribution in [0.15, 0.2) is 24.3 Å². The monoisotopic (exact) mass is 251 g/mol. The Morgan fingerprint density at radius 3 is 2.11 bits per heavy atom. The lowest BCUT2D eigenvalue weighted by Gasteiger charge is -2.11. The van der Waals surface area contributed by atoms with Crippen molar-refractivity contribution in [2.24, 2.45) is 0 Å². The van der Waals surface area contributed by atoms with Crippen LogP contribution in [-0.4, -0.2) is 12.1 Å². The summed E-state index contributed by atoms with van der Waals surface area (Å²) in [5, 5.41) is 19.6. The number of hydrogen-bond acceptors (Lipinski definition) is 2. The fourth-order valence-electron chi connectivity index (χ4n) is 1.96. The first-order chi connectivity index (χ1) is 8.24. The van der Waals surface area contributed by atoms with Gasteiger partial charge >= 0.3 is 0 Å². The fraction of sp³-hybridized carbons (Fsp3) is 0.571. The molecule has 0 atom stereocenters. The molecule has 0 unspecified atom stereocenters. The first kappa shape index (κ1) is 17.2. The predicted molar refractivity (Wildman–Crippen MR) is 77.1 cm³/mol. The van der Waals surface area contributed by atoms with Crippen molar-refractivity contribution in [1.82, 2.24) is 6.15 Å². The van der Waals surface area contributed by atoms with Crippen molar-refractivity contribution in [2.75, 3.05) is 0 Å². The summed E-state index contributed by atoms with van der Waals surface area (Å²) in [4.78, 5) is 0. The maximum atomic E-state index is 10.8. The van der Waals surface area contributed by atoms with Crippen LogP contribution in [0.4, 0.5) is 0 Å². The molecule has 3 nitrogen and oxygen atoms in total. The third-order valence-corrected chi connectivity index (χ3v) is 3.08. The van der Waals surface area contributed by atoms with Crippen LogP contribution in [-0.2, 0) is 6.42 Å². The molecule has 0 aliphatic carbocycles. The molecule has 1 aromatic rings. The van der Waals surface area contributed by atoms with Crippen LogP contribution in [0, 0.1) is 0 Å². The van der Waals surface area contributed by atoms with Gasteiger partial charge in [-0.3, -0.25) is 0 Å². The molecule has 0 aliphatic heterocycles. The van der Waals surface area contributed by atoms with E-state index in [-0.39, 0.29) is 6.15 Å². The van der Waals surface area contributed by atoms with E-state index in [9.17, 15) is 5.02 Å². The van der Waals surface area contributed by atoms with Crippen LogP contribution in [0.3, 0.4) is 0 Å². The van der Waals surface area contributed by atoms with Crippen LogP contribution < -0.4 is 16.6 Å². The molecule has 18 heavy (non-hydrogen) atoms. The van der Waals surface area contributed by atoms with E-state index < -0.39 is 7.12 Å². The Morgan fingerprint density at radius 2 is 1.56 bits per heavy atom. The highest BCUT2D eigenvalue weighted by molar-refractivity contribution is 6.56. The van der Waals surface area contributed by atoms with Gasteiger partial charge in [0.15, 0.2) is 0 Å². The smallest absolute Gasteiger partial charge is 0.212 e. The van der Waals surface area contributed by atoms with Gasteiger partial charge in [0.2, 0.25) is 7.12 Å². The molecule has 0 saturated heterocycles. The number of aryl methyl sites for hydroxylation is 1. The Balaban J connectivity index is 0.00000289. The number of hydrogen-bond donors (Lipinski definition) is 2. The molecule has 1 rings (SSSR count). The predicted octanol–water partition coefficient (Wildman–Crippen LogP) is 2.01. The van der Waals surface area contributed by atoms with Crippen molar-refractivity contribution >= 4 is 12.6 Å². The minimum Gasteiger partial charge on any atom is -0.853 e. The second kappa shape index (κ2) is 10.1. The molecule has 0 saturated carbocycles. The normalized spacial score (nSPS) is 9.94. The molecule has 5 N–H and O–H groups in total. The first-order valence-electron chi connectivity index (χ1n) is 6.66. The quantitative estimate of drug-likeness (QED) is 0.547. The molecule has 0 aliphatic rings. The lowest BCUT2D eigenvalue weighted by atomic mass is 9.80. The van der Waals surface area contributed by atoms with Gasteiger partial charge in [-0.05, 0) is 18.4 Å². The van der Waals surface area contributed by atoms with Gasteiger partial charge in [0, 0.05) is 0 Å². The highest BCUT2D eigenvalue weighted by atomic mass is 16.4. The fourth-order valence-corrected chi connectivity index (χ4v) is 1.96. The zero-order valence-electron chi connectivity index (χ0n) is 11.7. The summed E-state index contributed by atoms with van der Waals surface area (Å²) < 4.78 is 0. The summed E-state index contributed by atoms with van der Waals surface area (Å²) >= 11 is 0. The van der Waals surface area contributed by atoms with Crippen LogP contribution >= 0.6 is 0 Å². The van der Waals surface area contributed by atoms with E-state index in [2.05, 4.69) is 6.92 Å². The topological polar surface area (TPSA) is 79.8 Å². The van der Waals surface area contributed by atoms with Gasteiger partial charge in [0.1, 0.15) is 0 Å². The van der Waals surface area contributed by atoms with E-state index in [1.54, 1.807) is 12.1 Å². The van der Waals surface area contributed by atoms with Gasteiger partial charge < -0.3 is 16.2 Å². The van der Waals surface area contributed by atoms with Gasteiger partial charge in [-0.25, -0.2) is 0 Å². The van der Waals surface area contributed by atoms with E-state index in [1.165, 1.54) is 44.1 Å². The van der Waals surface area contributed by atoms with E-state index in [4.69, 9.17) is 5.02 Å². The number of quaternary nitrogens is 1. The molecule has 0 radical (unpaired) electrons. The Bertz CT molecular complexity index is 301. The van der Waals surface area contributed by atoms with Crippen molar-refractivity contribution < 1.29 is 10.0 Å². The molecule has 4 heteroatoms. The maximum absolute atomic E-state index is 10.8. The lowest BCUT2D eigenvalue weighted by Crippen LogP contribution is -2.43. The second-order valence-electron chi connectivity index (χ2n) is 4.61. The van der Waals surface area contributed by atoms with Crippen LogP contribution in [0.25, 0.3) is 0 Å². The van der Waals surface area contributed by atoms with Gasteiger partial charge in [0.25, 0.3) is 0 Å². The van der Waals surface area contributed by atoms with Crippen molar-refractivity contribution in [1.29, 1.82) is 0 Å². The molecule has 102 valence electrons. The largest absolute Gasteiger partial charge is 0.853 e. The Hall–Kier alpha value is -0.835. The summed E-state index contributed by atoms with van der Waals surface area (Å²) in [5.41, 5.74) is 1.71. The summed E-state index contributed by atoms with van der Waals surface area (Å²) in [5.74, 6) is 0. The summed E-state index contributed by atoms with van der Waals surface area (Å²) in [7, 11) is -1.60. The average Bonchev–Trinajstić information content (AvgIpc) is 2.34. The third kappa shape index (κ3) is 6.79. The second-order valence-corrected chi connectivity index (χ2v) is 4.61. The van der Waals surface area contributed by atoms with Crippen molar-refractivity contribution in [2.45, 2.75) is 51.9 Å². The van der Waals surface area contributed by atoms with E-state index >= 15 is 0 Å². The minimum atomic E-state index is -1.60. The number of benzene rings is 1. The summed E-state index contributed by atoms with van der Waals surface area (Å²) in [6, 6.07) is 7.35. The molecule has 0 amide bonds. The van der Waals surface area contributed by atoms with Crippen molar-refractivity contribution in [3.05, 3.63) is 29.8 Å². The van der Waals surface area contributed by atoms with Gasteiger partial charge in [-0.1, -0.05) is 68.8 Å². The Labute approximate surface area is 111 Å². The van der Waals surface area contributed by atoms with Gasteiger partial charge in [0.05, 0.1) is 0 Å². The average molecular weight is 251 g/mol. The summed E-state index contributed by atoms with van der Waals surface area (Å²) in [6.07, 6.45) is 8.87. The highest BCUT2D eigenvalue weighted by Crippen LogP contribution is 2.09. The molecule has 0 spiro atoms. The number of rotatable bonds is 8. The lowest BCUT2D eigenvalue weighted by molar-refractivity contribution is -0.211. The zero-order chi connectivity index (χ0) is 12.5. The van der Waals surface area contributed by atoms with Crippen molar-refractivity contribution in [3.8, 4) is 0 Å². The van der Waals surface area contributed by atoms with Gasteiger partial charge in [-0.15, -0.1) is 0 Å². The Kier molecular flexibility index (Phi) is 9.65. The van der Waals surface area contributed by atoms with Crippen molar-refractivity contribution in [3.63, 3.8) is 0 Å². The molecule has 0 heterocycles. The molecule has 0 fully saturated rings. The van der Waals surface area contributed by atoms with E-state index in [0.29, 0.717) is 5.46 Å². The number of unbranched alkanes of at least 4 members (excludes halogenated alkanes) is 5. The molecular formula is C14H26BNO2. The van der Waals surface area contributed by atoms with Gasteiger partial charge in [-0.2, -0.15) is 0 Å². The molecule has 1 aromatic carbocycles. The third-order valence-electron chi connectivity index (χ3n) is 3.08. The van der Waals surface area contributed by atoms with Crippen LogP contribution in [0.1, 0.15) is 51.0 Å². The first-order valence-corrected chi connectivity index (χ1v) is 6.66. The van der Waals surface area contributed by atoms with E-state index in [1.807, 2.05) is 12.1 Å². The Morgan fingerprint density at radius 1 is 1.00 bits per heavy atom. The van der Waals surface area contributed by atoms with Crippen LogP contribution in [0.2, 0.25) is 0 Å². The highest BCUT2D eigenvalue weighted by Gasteiger charge is 1.98. The van der Waals surface area contributed by atoms with Crippen LogP contribution in [0.5, 0.6) is 0 Å². The SMILES string of the molecule is CCCCCCCCc1ccc(B([O-])O)cc1.[NH4+]. The standard InChI is InChI=1S/C14H22BO2.H3N/c1-2-3-4-5-6-7-8-13-9-11-14(12-10-13)15(16)17;/h9-12,16H,2-8H2,1H3;1H3/q-1;/p+1. The maximum Gasteiger partial charge on any atom is 0.212 e.